The van der Waals surface area contributed by atoms with Gasteiger partial charge in [0.1, 0.15) is 0 Å². The second-order valence-electron chi connectivity index (χ2n) is 5.36. The topological polar surface area (TPSA) is 32.3 Å². The van der Waals surface area contributed by atoms with Crippen molar-refractivity contribution in [2.75, 3.05) is 13.1 Å². The number of carbonyl (C=O) groups excluding carboxylic acids is 1. The first-order valence-electron chi connectivity index (χ1n) is 7.24. The van der Waals surface area contributed by atoms with Crippen molar-refractivity contribution in [2.45, 2.75) is 45.7 Å². The highest BCUT2D eigenvalue weighted by Crippen LogP contribution is 2.27. The fraction of sp³-hybridized carbons (Fsp3) is 0.562. The Kier molecular flexibility index (Phi) is 4.59. The number of carbonyl (C=O) groups is 1. The van der Waals surface area contributed by atoms with Gasteiger partial charge in [0.25, 0.3) is 0 Å². The number of aryl methyl sites for hydroxylation is 1. The van der Waals surface area contributed by atoms with Crippen LogP contribution in [0.25, 0.3) is 0 Å². The molecule has 1 fully saturated rings. The van der Waals surface area contributed by atoms with Crippen LogP contribution in [-0.2, 0) is 4.79 Å². The van der Waals surface area contributed by atoms with Crippen molar-refractivity contribution >= 4 is 5.91 Å². The maximum absolute atomic E-state index is 12.4. The smallest absolute Gasteiger partial charge is 0.240 e. The second kappa shape index (κ2) is 6.20. The van der Waals surface area contributed by atoms with Crippen molar-refractivity contribution in [2.24, 2.45) is 0 Å². The molecule has 1 amide bonds. The number of benzene rings is 1. The highest BCUT2D eigenvalue weighted by molar-refractivity contribution is 5.84. The lowest BCUT2D eigenvalue weighted by Gasteiger charge is -2.26. The summed E-state index contributed by atoms with van der Waals surface area (Å²) in [5, 5.41) is 3.34. The van der Waals surface area contributed by atoms with Gasteiger partial charge >= 0.3 is 0 Å². The highest BCUT2D eigenvalue weighted by atomic mass is 16.2. The Balaban J connectivity index is 2.07. The normalized spacial score (nSPS) is 20.9. The van der Waals surface area contributed by atoms with E-state index in [9.17, 15) is 4.79 Å². The number of nitrogens with zero attached hydrogens (tertiary/aromatic N) is 1. The number of likely N-dealkylation sites (tertiary alicyclic amines) is 1. The summed E-state index contributed by atoms with van der Waals surface area (Å²) in [6.07, 6.45) is 1.99. The number of rotatable bonds is 5. The van der Waals surface area contributed by atoms with Crippen LogP contribution in [0, 0.1) is 6.92 Å². The summed E-state index contributed by atoms with van der Waals surface area (Å²) in [7, 11) is 0. The van der Waals surface area contributed by atoms with Crippen LogP contribution in [0.5, 0.6) is 0 Å². The van der Waals surface area contributed by atoms with Crippen molar-refractivity contribution < 1.29 is 4.79 Å². The molecule has 19 heavy (non-hydrogen) atoms. The molecule has 3 heteroatoms. The van der Waals surface area contributed by atoms with E-state index in [1.807, 2.05) is 17.0 Å². The SMILES string of the molecule is CCCNC1CCN(C(C)c2ccccc2C)C1=O. The maximum Gasteiger partial charge on any atom is 0.240 e. The quantitative estimate of drug-likeness (QED) is 0.882. The highest BCUT2D eigenvalue weighted by Gasteiger charge is 2.34. The van der Waals surface area contributed by atoms with Gasteiger partial charge in [-0.25, -0.2) is 0 Å². The fourth-order valence-electron chi connectivity index (χ4n) is 2.82. The summed E-state index contributed by atoms with van der Waals surface area (Å²) in [5.74, 6) is 0.254. The molecule has 1 N–H and O–H groups in total. The molecule has 1 aliphatic heterocycles. The van der Waals surface area contributed by atoms with E-state index >= 15 is 0 Å². The predicted molar refractivity (Wildman–Crippen MR) is 78.0 cm³/mol. The monoisotopic (exact) mass is 260 g/mol. The Labute approximate surface area is 116 Å². The molecule has 0 aromatic heterocycles. The van der Waals surface area contributed by atoms with Gasteiger partial charge in [0.15, 0.2) is 0 Å². The molecule has 1 heterocycles. The molecule has 0 aliphatic carbocycles. The Morgan fingerprint density at radius 2 is 2.16 bits per heavy atom. The van der Waals surface area contributed by atoms with Gasteiger partial charge in [-0.05, 0) is 44.4 Å². The lowest BCUT2D eigenvalue weighted by atomic mass is 10.0. The van der Waals surface area contributed by atoms with Gasteiger partial charge in [-0.15, -0.1) is 0 Å². The van der Waals surface area contributed by atoms with Crippen molar-refractivity contribution in [3.63, 3.8) is 0 Å². The van der Waals surface area contributed by atoms with E-state index in [1.165, 1.54) is 11.1 Å². The van der Waals surface area contributed by atoms with Crippen molar-refractivity contribution in [1.82, 2.24) is 10.2 Å². The zero-order valence-electron chi connectivity index (χ0n) is 12.1. The summed E-state index contributed by atoms with van der Waals surface area (Å²) in [5.41, 5.74) is 2.51. The molecule has 1 aliphatic rings. The number of nitrogens with one attached hydrogen (secondary N) is 1. The van der Waals surface area contributed by atoms with E-state index in [-0.39, 0.29) is 18.0 Å². The van der Waals surface area contributed by atoms with Crippen LogP contribution in [0.4, 0.5) is 0 Å². The maximum atomic E-state index is 12.4. The number of amides is 1. The molecule has 0 radical (unpaired) electrons. The third-order valence-corrected chi connectivity index (χ3v) is 3.99. The van der Waals surface area contributed by atoms with E-state index in [0.717, 1.165) is 25.9 Å². The summed E-state index contributed by atoms with van der Waals surface area (Å²) >= 11 is 0. The molecule has 1 aromatic carbocycles. The van der Waals surface area contributed by atoms with Gasteiger partial charge in [-0.2, -0.15) is 0 Å². The minimum Gasteiger partial charge on any atom is -0.334 e. The van der Waals surface area contributed by atoms with Crippen LogP contribution in [0.15, 0.2) is 24.3 Å². The first-order valence-corrected chi connectivity index (χ1v) is 7.24. The Hall–Kier alpha value is -1.35. The summed E-state index contributed by atoms with van der Waals surface area (Å²) in [6, 6.07) is 8.52. The lowest BCUT2D eigenvalue weighted by molar-refractivity contribution is -0.131. The second-order valence-corrected chi connectivity index (χ2v) is 5.36. The molecule has 2 rings (SSSR count). The third-order valence-electron chi connectivity index (χ3n) is 3.99. The van der Waals surface area contributed by atoms with Gasteiger partial charge in [-0.1, -0.05) is 31.2 Å². The van der Waals surface area contributed by atoms with Gasteiger partial charge < -0.3 is 10.2 Å². The molecule has 0 spiro atoms. The van der Waals surface area contributed by atoms with E-state index < -0.39 is 0 Å². The zero-order valence-corrected chi connectivity index (χ0v) is 12.1. The van der Waals surface area contributed by atoms with E-state index in [0.29, 0.717) is 0 Å². The first-order chi connectivity index (χ1) is 9.15. The molecule has 0 bridgehead atoms. The van der Waals surface area contributed by atoms with E-state index in [1.54, 1.807) is 0 Å². The largest absolute Gasteiger partial charge is 0.334 e. The minimum atomic E-state index is 0.0198. The lowest BCUT2D eigenvalue weighted by Crippen LogP contribution is -2.39. The molecule has 3 nitrogen and oxygen atoms in total. The van der Waals surface area contributed by atoms with Crippen LogP contribution >= 0.6 is 0 Å². The fourth-order valence-corrected chi connectivity index (χ4v) is 2.82. The molecule has 1 aromatic rings. The van der Waals surface area contributed by atoms with Crippen LogP contribution in [0.1, 0.15) is 43.9 Å². The average Bonchev–Trinajstić information content (AvgIpc) is 2.77. The van der Waals surface area contributed by atoms with Gasteiger partial charge in [0.05, 0.1) is 12.1 Å². The minimum absolute atomic E-state index is 0.0198. The Bertz CT molecular complexity index is 444. The summed E-state index contributed by atoms with van der Waals surface area (Å²) in [4.78, 5) is 14.4. The molecule has 2 atom stereocenters. The first kappa shape index (κ1) is 14.1. The van der Waals surface area contributed by atoms with Crippen molar-refractivity contribution in [3.8, 4) is 0 Å². The van der Waals surface area contributed by atoms with Gasteiger partial charge in [0.2, 0.25) is 5.91 Å². The molecule has 1 saturated heterocycles. The van der Waals surface area contributed by atoms with Gasteiger partial charge in [-0.3, -0.25) is 4.79 Å². The number of hydrogen-bond donors (Lipinski definition) is 1. The molecule has 2 unspecified atom stereocenters. The van der Waals surface area contributed by atoms with Crippen LogP contribution in [0.3, 0.4) is 0 Å². The molecular formula is C16H24N2O. The standard InChI is InChI=1S/C16H24N2O/c1-4-10-17-15-9-11-18(16(15)19)13(3)14-8-6-5-7-12(14)2/h5-8,13,15,17H,4,9-11H2,1-3H3. The predicted octanol–water partition coefficient (Wildman–Crippen LogP) is 2.66. The van der Waals surface area contributed by atoms with Crippen LogP contribution in [-0.4, -0.2) is 29.9 Å². The van der Waals surface area contributed by atoms with E-state index in [4.69, 9.17) is 0 Å². The Morgan fingerprint density at radius 3 is 2.84 bits per heavy atom. The van der Waals surface area contributed by atoms with E-state index in [2.05, 4.69) is 38.2 Å². The van der Waals surface area contributed by atoms with Crippen LogP contribution < -0.4 is 5.32 Å². The average molecular weight is 260 g/mol. The molecule has 104 valence electrons. The molecular weight excluding hydrogens is 236 g/mol. The third kappa shape index (κ3) is 2.98. The van der Waals surface area contributed by atoms with Crippen molar-refractivity contribution in [3.05, 3.63) is 35.4 Å². The zero-order chi connectivity index (χ0) is 13.8. The van der Waals surface area contributed by atoms with Gasteiger partial charge in [0, 0.05) is 6.54 Å². The van der Waals surface area contributed by atoms with Crippen molar-refractivity contribution in [1.29, 1.82) is 0 Å². The summed E-state index contributed by atoms with van der Waals surface area (Å²) < 4.78 is 0. The Morgan fingerprint density at radius 1 is 1.42 bits per heavy atom. The summed E-state index contributed by atoms with van der Waals surface area (Å²) in [6.45, 7) is 8.14. The van der Waals surface area contributed by atoms with Crippen LogP contribution in [0.2, 0.25) is 0 Å². The molecule has 0 saturated carbocycles. The number of hydrogen-bond acceptors (Lipinski definition) is 2.